The van der Waals surface area contributed by atoms with Gasteiger partial charge in [0.2, 0.25) is 5.91 Å². The minimum atomic E-state index is -0.616. The predicted octanol–water partition coefficient (Wildman–Crippen LogP) is 2.57. The quantitative estimate of drug-likeness (QED) is 0.635. The molecule has 1 N–H and O–H groups in total. The van der Waals surface area contributed by atoms with Crippen molar-refractivity contribution in [1.29, 1.82) is 0 Å². The monoisotopic (exact) mass is 465 g/mol. The van der Waals surface area contributed by atoms with Gasteiger partial charge in [0.05, 0.1) is 12.1 Å². The van der Waals surface area contributed by atoms with Crippen molar-refractivity contribution < 1.29 is 9.59 Å². The second kappa shape index (κ2) is 10.4. The lowest BCUT2D eigenvalue weighted by Crippen LogP contribution is -2.48. The fourth-order valence-corrected chi connectivity index (χ4v) is 4.66. The summed E-state index contributed by atoms with van der Waals surface area (Å²) >= 11 is 5.77. The van der Waals surface area contributed by atoms with Gasteiger partial charge in [0.25, 0.3) is 5.91 Å². The molecular weight excluding hydrogens is 434 g/mol. The third-order valence-electron chi connectivity index (χ3n) is 6.30. The molecule has 2 aliphatic heterocycles. The molecule has 2 heterocycles. The molecule has 4 rings (SSSR count). The third-order valence-corrected chi connectivity index (χ3v) is 6.72. The lowest BCUT2D eigenvalue weighted by Gasteiger charge is -2.34. The van der Waals surface area contributed by atoms with Crippen LogP contribution in [0.5, 0.6) is 0 Å². The van der Waals surface area contributed by atoms with Crippen LogP contribution in [0.15, 0.2) is 54.6 Å². The van der Waals surface area contributed by atoms with Gasteiger partial charge < -0.3 is 15.1 Å². The minimum absolute atomic E-state index is 0.0545. The lowest BCUT2D eigenvalue weighted by atomic mass is 10.1. The highest BCUT2D eigenvalue weighted by molar-refractivity contribution is 7.80. The van der Waals surface area contributed by atoms with Crippen molar-refractivity contribution in [2.24, 2.45) is 0 Å². The molecular formula is C25H31N5O2S. The first-order chi connectivity index (χ1) is 15.9. The Labute approximate surface area is 200 Å². The van der Waals surface area contributed by atoms with Gasteiger partial charge in [0, 0.05) is 45.0 Å². The Morgan fingerprint density at radius 3 is 2.33 bits per heavy atom. The van der Waals surface area contributed by atoms with Crippen molar-refractivity contribution in [2.75, 3.05) is 56.5 Å². The number of amides is 2. The van der Waals surface area contributed by atoms with Gasteiger partial charge in [-0.2, -0.15) is 0 Å². The molecule has 0 aromatic heterocycles. The molecule has 7 nitrogen and oxygen atoms in total. The molecule has 2 aromatic rings. The van der Waals surface area contributed by atoms with Gasteiger partial charge in [-0.3, -0.25) is 19.4 Å². The molecule has 174 valence electrons. The van der Waals surface area contributed by atoms with Crippen LogP contribution in [-0.4, -0.2) is 84.0 Å². The second-order valence-electron chi connectivity index (χ2n) is 8.76. The number of nitrogens with one attached hydrogen (secondary N) is 1. The van der Waals surface area contributed by atoms with Crippen LogP contribution in [0.2, 0.25) is 0 Å². The van der Waals surface area contributed by atoms with Crippen LogP contribution in [0.3, 0.4) is 0 Å². The summed E-state index contributed by atoms with van der Waals surface area (Å²) in [6.07, 6.45) is 0.0545. The number of piperazine rings is 1. The number of thiocarbonyl (C=S) groups is 1. The van der Waals surface area contributed by atoms with Crippen molar-refractivity contribution in [1.82, 2.24) is 14.7 Å². The van der Waals surface area contributed by atoms with Gasteiger partial charge in [0.15, 0.2) is 5.11 Å². The first-order valence-electron chi connectivity index (χ1n) is 11.4. The molecule has 0 bridgehead atoms. The smallest absolute Gasteiger partial charge is 0.256 e. The molecule has 2 saturated heterocycles. The van der Waals surface area contributed by atoms with Crippen LogP contribution in [0.1, 0.15) is 12.0 Å². The standard InChI is InChI=1S/C25H31N5O2S/c1-19-8-10-21(11-9-19)30-24(32)22(18-23(31)26-20-6-4-3-5-7-20)29(25(30)33)17-16-28-14-12-27(2)13-15-28/h3-11,22H,12-18H2,1-2H3,(H,26,31)/t22-/m0/s1. The Bertz CT molecular complexity index is 990. The highest BCUT2D eigenvalue weighted by Crippen LogP contribution is 2.27. The number of aryl methyl sites for hydroxylation is 1. The van der Waals surface area contributed by atoms with Crippen molar-refractivity contribution in [3.05, 3.63) is 60.2 Å². The Morgan fingerprint density at radius 1 is 1.00 bits per heavy atom. The first kappa shape index (κ1) is 23.4. The van der Waals surface area contributed by atoms with E-state index in [1.54, 1.807) is 4.90 Å². The van der Waals surface area contributed by atoms with Crippen LogP contribution in [0.4, 0.5) is 11.4 Å². The van der Waals surface area contributed by atoms with Gasteiger partial charge in [-0.25, -0.2) is 0 Å². The Balaban J connectivity index is 1.50. The maximum Gasteiger partial charge on any atom is 0.256 e. The fourth-order valence-electron chi connectivity index (χ4n) is 4.25. The molecule has 2 fully saturated rings. The molecule has 0 spiro atoms. The maximum atomic E-state index is 13.5. The number of benzene rings is 2. The molecule has 0 saturated carbocycles. The minimum Gasteiger partial charge on any atom is -0.335 e. The number of hydrogen-bond acceptors (Lipinski definition) is 5. The summed E-state index contributed by atoms with van der Waals surface area (Å²) in [5.41, 5.74) is 2.57. The summed E-state index contributed by atoms with van der Waals surface area (Å²) in [6.45, 7) is 7.47. The van der Waals surface area contributed by atoms with Gasteiger partial charge in [0.1, 0.15) is 6.04 Å². The predicted molar refractivity (Wildman–Crippen MR) is 135 cm³/mol. The second-order valence-corrected chi connectivity index (χ2v) is 9.13. The number of likely N-dealkylation sites (N-methyl/N-ethyl adjacent to an activating group) is 1. The molecule has 0 aliphatic carbocycles. The number of rotatable bonds is 7. The molecule has 0 radical (unpaired) electrons. The van der Waals surface area contributed by atoms with E-state index in [1.807, 2.05) is 66.4 Å². The van der Waals surface area contributed by atoms with E-state index >= 15 is 0 Å². The van der Waals surface area contributed by atoms with Gasteiger partial charge >= 0.3 is 0 Å². The number of anilines is 2. The normalized spacial score (nSPS) is 19.9. The van der Waals surface area contributed by atoms with Crippen LogP contribution < -0.4 is 10.2 Å². The van der Waals surface area contributed by atoms with Gasteiger partial charge in [-0.05, 0) is 50.5 Å². The lowest BCUT2D eigenvalue weighted by molar-refractivity contribution is -0.124. The van der Waals surface area contributed by atoms with E-state index in [1.165, 1.54) is 0 Å². The number of hydrogen-bond donors (Lipinski definition) is 1. The first-order valence-corrected chi connectivity index (χ1v) is 11.8. The number of carbonyl (C=O) groups is 2. The van der Waals surface area contributed by atoms with Crippen LogP contribution in [-0.2, 0) is 9.59 Å². The molecule has 2 amide bonds. The number of para-hydroxylation sites is 1. The van der Waals surface area contributed by atoms with E-state index in [0.717, 1.165) is 49.7 Å². The molecule has 8 heteroatoms. The largest absolute Gasteiger partial charge is 0.335 e. The highest BCUT2D eigenvalue weighted by atomic mass is 32.1. The Morgan fingerprint density at radius 2 is 1.67 bits per heavy atom. The summed E-state index contributed by atoms with van der Waals surface area (Å²) in [4.78, 5) is 34.5. The number of nitrogens with zero attached hydrogens (tertiary/aromatic N) is 4. The Kier molecular flexibility index (Phi) is 7.37. The molecule has 1 atom stereocenters. The Hall–Kier alpha value is -2.81. The average Bonchev–Trinajstić information content (AvgIpc) is 3.03. The zero-order valence-electron chi connectivity index (χ0n) is 19.2. The highest BCUT2D eigenvalue weighted by Gasteiger charge is 2.44. The zero-order valence-corrected chi connectivity index (χ0v) is 20.1. The van der Waals surface area contributed by atoms with Crippen molar-refractivity contribution >= 4 is 40.5 Å². The van der Waals surface area contributed by atoms with E-state index in [0.29, 0.717) is 11.7 Å². The SMILES string of the molecule is Cc1ccc(N2C(=O)[C@H](CC(=O)Nc3ccccc3)N(CCN3CCN(C)CC3)C2=S)cc1. The zero-order chi connectivity index (χ0) is 23.4. The molecule has 0 unspecified atom stereocenters. The summed E-state index contributed by atoms with van der Waals surface area (Å²) < 4.78 is 0. The van der Waals surface area contributed by atoms with Crippen LogP contribution in [0, 0.1) is 6.92 Å². The van der Waals surface area contributed by atoms with E-state index in [4.69, 9.17) is 12.2 Å². The van der Waals surface area contributed by atoms with E-state index in [2.05, 4.69) is 22.2 Å². The molecule has 2 aliphatic rings. The summed E-state index contributed by atoms with van der Waals surface area (Å²) in [5.74, 6) is -0.344. The topological polar surface area (TPSA) is 59.1 Å². The van der Waals surface area contributed by atoms with E-state index in [-0.39, 0.29) is 18.2 Å². The fraction of sp³-hybridized carbons (Fsp3) is 0.400. The van der Waals surface area contributed by atoms with Crippen molar-refractivity contribution in [2.45, 2.75) is 19.4 Å². The van der Waals surface area contributed by atoms with Gasteiger partial charge in [-0.1, -0.05) is 35.9 Å². The van der Waals surface area contributed by atoms with Crippen molar-refractivity contribution in [3.63, 3.8) is 0 Å². The van der Waals surface area contributed by atoms with Crippen LogP contribution in [0.25, 0.3) is 0 Å². The maximum absolute atomic E-state index is 13.5. The van der Waals surface area contributed by atoms with E-state index < -0.39 is 6.04 Å². The third kappa shape index (κ3) is 5.58. The molecule has 33 heavy (non-hydrogen) atoms. The van der Waals surface area contributed by atoms with Crippen LogP contribution >= 0.6 is 12.2 Å². The van der Waals surface area contributed by atoms with Gasteiger partial charge in [-0.15, -0.1) is 0 Å². The van der Waals surface area contributed by atoms with E-state index in [9.17, 15) is 9.59 Å². The van der Waals surface area contributed by atoms with Crippen molar-refractivity contribution in [3.8, 4) is 0 Å². The summed E-state index contributed by atoms with van der Waals surface area (Å²) in [7, 11) is 2.13. The molecule has 2 aromatic carbocycles. The average molecular weight is 466 g/mol. The number of carbonyl (C=O) groups excluding carboxylic acids is 2. The summed E-state index contributed by atoms with van der Waals surface area (Å²) in [6, 6.07) is 16.4. The summed E-state index contributed by atoms with van der Waals surface area (Å²) in [5, 5.41) is 3.37.